The van der Waals surface area contributed by atoms with Crippen LogP contribution in [-0.2, 0) is 6.61 Å². The highest BCUT2D eigenvalue weighted by Gasteiger charge is 2.05. The van der Waals surface area contributed by atoms with Gasteiger partial charge in [0, 0.05) is 18.1 Å². The van der Waals surface area contributed by atoms with Crippen LogP contribution in [0, 0.1) is 24.6 Å². The first-order chi connectivity index (χ1) is 9.70. The van der Waals surface area contributed by atoms with Crippen molar-refractivity contribution in [1.29, 1.82) is 0 Å². The Hall–Kier alpha value is -1.83. The summed E-state index contributed by atoms with van der Waals surface area (Å²) < 4.78 is 19.0. The molecular formula is C16H15FO2S. The van der Waals surface area contributed by atoms with Crippen molar-refractivity contribution >= 4 is 11.3 Å². The standard InChI is InChI=1S/C16H15FO2S/c1-12-5-6-14(10-15(12)17)19-11-16-13(7-9-20-16)4-2-3-8-18/h5-7,9-10,18H,3,8,11H2,1H3. The quantitative estimate of drug-likeness (QED) is 0.873. The molecule has 1 heterocycles. The van der Waals surface area contributed by atoms with Gasteiger partial charge in [-0.2, -0.15) is 0 Å². The fraction of sp³-hybridized carbons (Fsp3) is 0.250. The monoisotopic (exact) mass is 290 g/mol. The highest BCUT2D eigenvalue weighted by molar-refractivity contribution is 7.10. The van der Waals surface area contributed by atoms with Gasteiger partial charge in [-0.1, -0.05) is 17.9 Å². The zero-order chi connectivity index (χ0) is 14.4. The number of thiophene rings is 1. The lowest BCUT2D eigenvalue weighted by atomic mass is 10.2. The maximum Gasteiger partial charge on any atom is 0.129 e. The molecule has 104 valence electrons. The van der Waals surface area contributed by atoms with Crippen molar-refractivity contribution in [3.05, 3.63) is 51.5 Å². The van der Waals surface area contributed by atoms with E-state index in [1.54, 1.807) is 30.4 Å². The molecule has 20 heavy (non-hydrogen) atoms. The second-order valence-corrected chi connectivity index (χ2v) is 5.23. The molecule has 0 aliphatic carbocycles. The Morgan fingerprint density at radius 2 is 2.20 bits per heavy atom. The Morgan fingerprint density at radius 3 is 2.95 bits per heavy atom. The van der Waals surface area contributed by atoms with Gasteiger partial charge in [-0.3, -0.25) is 0 Å². The van der Waals surface area contributed by atoms with Crippen LogP contribution in [0.25, 0.3) is 0 Å². The van der Waals surface area contributed by atoms with E-state index in [1.807, 2.05) is 11.4 Å². The molecule has 1 N–H and O–H groups in total. The smallest absolute Gasteiger partial charge is 0.129 e. The van der Waals surface area contributed by atoms with Crippen LogP contribution in [0.1, 0.15) is 22.4 Å². The van der Waals surface area contributed by atoms with Crippen molar-refractivity contribution in [1.82, 2.24) is 0 Å². The van der Waals surface area contributed by atoms with Gasteiger partial charge in [-0.25, -0.2) is 4.39 Å². The van der Waals surface area contributed by atoms with Crippen molar-refractivity contribution < 1.29 is 14.2 Å². The van der Waals surface area contributed by atoms with Gasteiger partial charge in [0.1, 0.15) is 18.2 Å². The summed E-state index contributed by atoms with van der Waals surface area (Å²) in [5.41, 5.74) is 1.50. The van der Waals surface area contributed by atoms with Crippen molar-refractivity contribution in [3.63, 3.8) is 0 Å². The summed E-state index contributed by atoms with van der Waals surface area (Å²) in [7, 11) is 0. The number of ether oxygens (including phenoxy) is 1. The summed E-state index contributed by atoms with van der Waals surface area (Å²) in [6, 6.07) is 6.76. The van der Waals surface area contributed by atoms with Gasteiger partial charge in [0.15, 0.2) is 0 Å². The van der Waals surface area contributed by atoms with E-state index in [0.717, 1.165) is 10.4 Å². The van der Waals surface area contributed by atoms with Crippen molar-refractivity contribution in [3.8, 4) is 17.6 Å². The Kier molecular flexibility index (Phi) is 5.16. The predicted octanol–water partition coefficient (Wildman–Crippen LogP) is 3.51. The van der Waals surface area contributed by atoms with Gasteiger partial charge in [0.05, 0.1) is 11.5 Å². The molecule has 4 heteroatoms. The SMILES string of the molecule is Cc1ccc(OCc2sccc2C#CCCO)cc1F. The molecule has 0 aliphatic rings. The van der Waals surface area contributed by atoms with E-state index in [9.17, 15) is 4.39 Å². The fourth-order valence-electron chi connectivity index (χ4n) is 1.59. The van der Waals surface area contributed by atoms with E-state index in [4.69, 9.17) is 9.84 Å². The number of hydrogen-bond acceptors (Lipinski definition) is 3. The molecule has 0 saturated heterocycles. The van der Waals surface area contributed by atoms with E-state index in [-0.39, 0.29) is 12.4 Å². The second kappa shape index (κ2) is 7.09. The molecule has 0 amide bonds. The van der Waals surface area contributed by atoms with Crippen LogP contribution in [-0.4, -0.2) is 11.7 Å². The van der Waals surface area contributed by atoms with E-state index in [0.29, 0.717) is 24.3 Å². The van der Waals surface area contributed by atoms with E-state index in [2.05, 4.69) is 11.8 Å². The van der Waals surface area contributed by atoms with E-state index < -0.39 is 0 Å². The van der Waals surface area contributed by atoms with Crippen LogP contribution in [0.3, 0.4) is 0 Å². The summed E-state index contributed by atoms with van der Waals surface area (Å²) in [5.74, 6) is 6.12. The third-order valence-electron chi connectivity index (χ3n) is 2.72. The number of aliphatic hydroxyl groups excluding tert-OH is 1. The molecule has 0 bridgehead atoms. The first-order valence-corrected chi connectivity index (χ1v) is 7.13. The van der Waals surface area contributed by atoms with E-state index >= 15 is 0 Å². The fourth-order valence-corrected chi connectivity index (χ4v) is 2.33. The lowest BCUT2D eigenvalue weighted by molar-refractivity contribution is 0.305. The van der Waals surface area contributed by atoms with Crippen molar-refractivity contribution in [2.75, 3.05) is 6.61 Å². The van der Waals surface area contributed by atoms with Crippen LogP contribution in [0.2, 0.25) is 0 Å². The van der Waals surface area contributed by atoms with Crippen LogP contribution < -0.4 is 4.74 Å². The largest absolute Gasteiger partial charge is 0.488 e. The predicted molar refractivity (Wildman–Crippen MR) is 78.4 cm³/mol. The van der Waals surface area contributed by atoms with Gasteiger partial charge < -0.3 is 9.84 Å². The van der Waals surface area contributed by atoms with Gasteiger partial charge >= 0.3 is 0 Å². The van der Waals surface area contributed by atoms with Crippen LogP contribution >= 0.6 is 11.3 Å². The molecule has 0 aliphatic heterocycles. The average molecular weight is 290 g/mol. The summed E-state index contributed by atoms with van der Waals surface area (Å²) in [6.45, 7) is 2.14. The minimum absolute atomic E-state index is 0.0611. The molecule has 0 saturated carbocycles. The molecule has 1 aromatic heterocycles. The lowest BCUT2D eigenvalue weighted by Crippen LogP contribution is -1.96. The molecule has 0 atom stereocenters. The Bertz CT molecular complexity index is 637. The molecule has 0 spiro atoms. The molecule has 2 rings (SSSR count). The Balaban J connectivity index is 2.02. The molecular weight excluding hydrogens is 275 g/mol. The van der Waals surface area contributed by atoms with Gasteiger partial charge in [-0.15, -0.1) is 11.3 Å². The highest BCUT2D eigenvalue weighted by atomic mass is 32.1. The molecule has 0 unspecified atom stereocenters. The van der Waals surface area contributed by atoms with Crippen molar-refractivity contribution in [2.24, 2.45) is 0 Å². The average Bonchev–Trinajstić information content (AvgIpc) is 2.88. The van der Waals surface area contributed by atoms with Gasteiger partial charge in [0.25, 0.3) is 0 Å². The summed E-state index contributed by atoms with van der Waals surface area (Å²) in [5, 5.41) is 10.6. The van der Waals surface area contributed by atoms with Gasteiger partial charge in [0.2, 0.25) is 0 Å². The normalized spacial score (nSPS) is 9.95. The third-order valence-corrected chi connectivity index (χ3v) is 3.61. The van der Waals surface area contributed by atoms with Crippen LogP contribution in [0.4, 0.5) is 4.39 Å². The van der Waals surface area contributed by atoms with Crippen molar-refractivity contribution in [2.45, 2.75) is 20.0 Å². The van der Waals surface area contributed by atoms with Crippen LogP contribution in [0.15, 0.2) is 29.6 Å². The molecule has 0 radical (unpaired) electrons. The summed E-state index contributed by atoms with van der Waals surface area (Å²) in [6.07, 6.45) is 0.458. The number of aryl methyl sites for hydroxylation is 1. The number of rotatable bonds is 4. The number of hydrogen-bond donors (Lipinski definition) is 1. The molecule has 1 aromatic carbocycles. The number of benzene rings is 1. The minimum Gasteiger partial charge on any atom is -0.488 e. The Morgan fingerprint density at radius 1 is 1.35 bits per heavy atom. The maximum atomic E-state index is 13.4. The summed E-state index contributed by atoms with van der Waals surface area (Å²) in [4.78, 5) is 0.997. The second-order valence-electron chi connectivity index (χ2n) is 4.23. The Labute approximate surface area is 121 Å². The topological polar surface area (TPSA) is 29.5 Å². The number of halogens is 1. The molecule has 2 aromatic rings. The summed E-state index contributed by atoms with van der Waals surface area (Å²) >= 11 is 1.55. The lowest BCUT2D eigenvalue weighted by Gasteiger charge is -2.06. The first-order valence-electron chi connectivity index (χ1n) is 6.25. The molecule has 2 nitrogen and oxygen atoms in total. The van der Waals surface area contributed by atoms with Gasteiger partial charge in [-0.05, 0) is 30.0 Å². The maximum absolute atomic E-state index is 13.4. The molecule has 0 fully saturated rings. The minimum atomic E-state index is -0.267. The zero-order valence-corrected chi connectivity index (χ0v) is 12.0. The number of aliphatic hydroxyl groups is 1. The highest BCUT2D eigenvalue weighted by Crippen LogP contribution is 2.21. The van der Waals surface area contributed by atoms with E-state index in [1.165, 1.54) is 6.07 Å². The van der Waals surface area contributed by atoms with Crippen LogP contribution in [0.5, 0.6) is 5.75 Å². The first kappa shape index (κ1) is 14.6. The third kappa shape index (κ3) is 3.83. The zero-order valence-electron chi connectivity index (χ0n) is 11.1.